The maximum atomic E-state index is 13.3. The van der Waals surface area contributed by atoms with Crippen molar-refractivity contribution in [3.8, 4) is 11.5 Å². The van der Waals surface area contributed by atoms with Crippen LogP contribution in [0.4, 0.5) is 5.69 Å². The average Bonchev–Trinajstić information content (AvgIpc) is 3.45. The lowest BCUT2D eigenvalue weighted by Crippen LogP contribution is -2.26. The summed E-state index contributed by atoms with van der Waals surface area (Å²) in [6, 6.07) is 16.8. The number of hydrogen-bond acceptors (Lipinski definition) is 6. The van der Waals surface area contributed by atoms with Crippen molar-refractivity contribution in [1.29, 1.82) is 0 Å². The summed E-state index contributed by atoms with van der Waals surface area (Å²) in [5.41, 5.74) is 3.68. The van der Waals surface area contributed by atoms with Gasteiger partial charge in [-0.1, -0.05) is 12.1 Å². The molecule has 0 saturated heterocycles. The molecule has 0 N–H and O–H groups in total. The second-order valence-corrected chi connectivity index (χ2v) is 8.39. The Bertz CT molecular complexity index is 1130. The summed E-state index contributed by atoms with van der Waals surface area (Å²) >= 11 is 3.27. The summed E-state index contributed by atoms with van der Waals surface area (Å²) in [5, 5.41) is 6.21. The van der Waals surface area contributed by atoms with Crippen molar-refractivity contribution in [1.82, 2.24) is 5.01 Å². The fourth-order valence-corrected chi connectivity index (χ4v) is 3.95. The van der Waals surface area contributed by atoms with E-state index in [1.807, 2.05) is 55.4 Å². The summed E-state index contributed by atoms with van der Waals surface area (Å²) in [5.74, 6) is 1.24. The van der Waals surface area contributed by atoms with Crippen molar-refractivity contribution in [2.45, 2.75) is 12.5 Å². The van der Waals surface area contributed by atoms with E-state index in [0.29, 0.717) is 22.6 Å². The van der Waals surface area contributed by atoms with Gasteiger partial charge in [-0.25, -0.2) is 5.01 Å². The Morgan fingerprint density at radius 1 is 1.06 bits per heavy atom. The van der Waals surface area contributed by atoms with Crippen LogP contribution in [0.3, 0.4) is 0 Å². The second-order valence-electron chi connectivity index (χ2n) is 7.61. The van der Waals surface area contributed by atoms with Crippen LogP contribution in [0.25, 0.3) is 0 Å². The first-order valence-electron chi connectivity index (χ1n) is 10.1. The molecule has 8 heteroatoms. The molecule has 0 saturated carbocycles. The lowest BCUT2D eigenvalue weighted by atomic mass is 9.97. The molecule has 3 aromatic rings. The molecule has 166 valence electrons. The van der Waals surface area contributed by atoms with E-state index in [4.69, 9.17) is 19.0 Å². The smallest absolute Gasteiger partial charge is 0.310 e. The van der Waals surface area contributed by atoms with Gasteiger partial charge in [0.2, 0.25) is 0 Å². The van der Waals surface area contributed by atoms with Gasteiger partial charge in [0.05, 0.1) is 26.0 Å². The first-order chi connectivity index (χ1) is 15.4. The maximum absolute atomic E-state index is 13.3. The monoisotopic (exact) mass is 497 g/mol. The van der Waals surface area contributed by atoms with Crippen molar-refractivity contribution >= 4 is 33.2 Å². The van der Waals surface area contributed by atoms with Crippen molar-refractivity contribution in [2.75, 3.05) is 33.2 Å². The van der Waals surface area contributed by atoms with Gasteiger partial charge in [0.1, 0.15) is 11.5 Å². The number of hydrogen-bond donors (Lipinski definition) is 0. The zero-order chi connectivity index (χ0) is 22.8. The highest BCUT2D eigenvalue weighted by Gasteiger charge is 2.35. The van der Waals surface area contributed by atoms with E-state index in [1.54, 1.807) is 32.4 Å². The van der Waals surface area contributed by atoms with Gasteiger partial charge in [0.15, 0.2) is 10.4 Å². The highest BCUT2D eigenvalue weighted by Crippen LogP contribution is 2.36. The number of carbonyl (C=O) groups excluding carboxylic acids is 1. The van der Waals surface area contributed by atoms with Crippen molar-refractivity contribution in [2.24, 2.45) is 5.10 Å². The van der Waals surface area contributed by atoms with E-state index >= 15 is 0 Å². The third-order valence-electron chi connectivity index (χ3n) is 5.38. The van der Waals surface area contributed by atoms with Gasteiger partial charge in [-0.15, -0.1) is 0 Å². The number of rotatable bonds is 6. The molecule has 2 aromatic carbocycles. The predicted octanol–water partition coefficient (Wildman–Crippen LogP) is 5.12. The minimum atomic E-state index is -0.303. The molecule has 4 rings (SSSR count). The van der Waals surface area contributed by atoms with Crippen molar-refractivity contribution < 1.29 is 18.7 Å². The van der Waals surface area contributed by atoms with Gasteiger partial charge >= 0.3 is 5.91 Å². The van der Waals surface area contributed by atoms with E-state index in [-0.39, 0.29) is 17.7 Å². The zero-order valence-electron chi connectivity index (χ0n) is 18.3. The van der Waals surface area contributed by atoms with Crippen LogP contribution in [0.5, 0.6) is 11.5 Å². The minimum Gasteiger partial charge on any atom is -0.497 e. The van der Waals surface area contributed by atoms with Gasteiger partial charge < -0.3 is 18.8 Å². The largest absolute Gasteiger partial charge is 0.497 e. The molecule has 0 fully saturated rings. The van der Waals surface area contributed by atoms with Crippen LogP contribution in [-0.2, 0) is 0 Å². The van der Waals surface area contributed by atoms with E-state index in [2.05, 4.69) is 15.9 Å². The van der Waals surface area contributed by atoms with Crippen LogP contribution in [-0.4, -0.2) is 44.9 Å². The SMILES string of the molecule is COc1cc(OC)cc(C2=NN(C(=O)c3ccc(Br)o3)C(c3ccc(N(C)C)cc3)C2)c1. The van der Waals surface area contributed by atoms with E-state index in [1.165, 1.54) is 5.01 Å². The molecule has 2 heterocycles. The lowest BCUT2D eigenvalue weighted by molar-refractivity contribution is 0.0677. The standard InChI is InChI=1S/C24H24BrN3O4/c1-27(2)17-7-5-15(6-8-17)21-14-20(16-11-18(30-3)13-19(12-16)31-4)26-28(21)24(29)22-9-10-23(25)32-22/h5-13,21H,14H2,1-4H3. The second kappa shape index (κ2) is 9.08. The lowest BCUT2D eigenvalue weighted by Gasteiger charge is -2.22. The number of ether oxygens (including phenoxy) is 2. The molecule has 1 aliphatic heterocycles. The molecular formula is C24H24BrN3O4. The number of hydrazone groups is 1. The van der Waals surface area contributed by atoms with Crippen LogP contribution in [0.2, 0.25) is 0 Å². The number of carbonyl (C=O) groups is 1. The van der Waals surface area contributed by atoms with Gasteiger partial charge in [-0.3, -0.25) is 4.79 Å². The van der Waals surface area contributed by atoms with Crippen LogP contribution >= 0.6 is 15.9 Å². The van der Waals surface area contributed by atoms with Gasteiger partial charge in [-0.05, 0) is 57.9 Å². The minimum absolute atomic E-state index is 0.222. The molecule has 1 aliphatic rings. The topological polar surface area (TPSA) is 67.5 Å². The molecule has 0 radical (unpaired) electrons. The Labute approximate surface area is 195 Å². The third-order valence-corrected chi connectivity index (χ3v) is 5.81. The van der Waals surface area contributed by atoms with Gasteiger partial charge in [0.25, 0.3) is 0 Å². The van der Waals surface area contributed by atoms with Crippen LogP contribution in [0, 0.1) is 0 Å². The van der Waals surface area contributed by atoms with Crippen LogP contribution < -0.4 is 14.4 Å². The molecule has 1 aromatic heterocycles. The predicted molar refractivity (Wildman–Crippen MR) is 127 cm³/mol. The average molecular weight is 498 g/mol. The fraction of sp³-hybridized carbons (Fsp3) is 0.250. The number of nitrogens with zero attached hydrogens (tertiary/aromatic N) is 3. The molecule has 0 aliphatic carbocycles. The number of anilines is 1. The first kappa shape index (κ1) is 22.0. The Hall–Kier alpha value is -3.26. The Morgan fingerprint density at radius 2 is 1.72 bits per heavy atom. The zero-order valence-corrected chi connectivity index (χ0v) is 19.9. The number of halogens is 1. The summed E-state index contributed by atoms with van der Waals surface area (Å²) < 4.78 is 16.8. The molecular weight excluding hydrogens is 474 g/mol. The molecule has 0 bridgehead atoms. The highest BCUT2D eigenvalue weighted by molar-refractivity contribution is 9.10. The fourth-order valence-electron chi connectivity index (χ4n) is 3.64. The van der Waals surface area contributed by atoms with Crippen LogP contribution in [0.15, 0.2) is 68.8 Å². The normalized spacial score (nSPS) is 15.5. The van der Waals surface area contributed by atoms with Gasteiger partial charge in [-0.2, -0.15) is 5.10 Å². The molecule has 32 heavy (non-hydrogen) atoms. The molecule has 1 atom stereocenters. The molecule has 1 amide bonds. The highest BCUT2D eigenvalue weighted by atomic mass is 79.9. The Balaban J connectivity index is 1.74. The summed E-state index contributed by atoms with van der Waals surface area (Å²) in [4.78, 5) is 15.3. The molecule has 1 unspecified atom stereocenters. The molecule has 7 nitrogen and oxygen atoms in total. The first-order valence-corrected chi connectivity index (χ1v) is 10.9. The van der Waals surface area contributed by atoms with Crippen molar-refractivity contribution in [3.05, 3.63) is 76.2 Å². The van der Waals surface area contributed by atoms with Crippen molar-refractivity contribution in [3.63, 3.8) is 0 Å². The third kappa shape index (κ3) is 4.36. The summed E-state index contributed by atoms with van der Waals surface area (Å²) in [6.45, 7) is 0. The van der Waals surface area contributed by atoms with Gasteiger partial charge in [0, 0.05) is 37.8 Å². The number of methoxy groups -OCH3 is 2. The summed E-state index contributed by atoms with van der Waals surface area (Å²) in [7, 11) is 7.20. The van der Waals surface area contributed by atoms with E-state index < -0.39 is 0 Å². The quantitative estimate of drug-likeness (QED) is 0.472. The van der Waals surface area contributed by atoms with Crippen LogP contribution in [0.1, 0.15) is 34.1 Å². The summed E-state index contributed by atoms with van der Waals surface area (Å²) in [6.07, 6.45) is 0.547. The Morgan fingerprint density at radius 3 is 2.25 bits per heavy atom. The molecule has 0 spiro atoms. The maximum Gasteiger partial charge on any atom is 0.310 e. The number of amides is 1. The van der Waals surface area contributed by atoms with E-state index in [9.17, 15) is 4.79 Å². The number of benzene rings is 2. The Kier molecular flexibility index (Phi) is 6.23. The van der Waals surface area contributed by atoms with E-state index in [0.717, 1.165) is 22.5 Å². The number of furan rings is 1.